The Hall–Kier alpha value is -1.81. The molecule has 0 radical (unpaired) electrons. The second-order valence-corrected chi connectivity index (χ2v) is 12.4. The highest BCUT2D eigenvalue weighted by Gasteiger charge is 2.40. The highest BCUT2D eigenvalue weighted by Crippen LogP contribution is 2.36. The first-order chi connectivity index (χ1) is 18.3. The van der Waals surface area contributed by atoms with Crippen LogP contribution in [0.1, 0.15) is 45.6 Å². The van der Waals surface area contributed by atoms with Crippen LogP contribution < -0.4 is 16.0 Å². The Bertz CT molecular complexity index is 859. The van der Waals surface area contributed by atoms with Gasteiger partial charge >= 0.3 is 0 Å². The Morgan fingerprint density at radius 3 is 2.45 bits per heavy atom. The van der Waals surface area contributed by atoms with E-state index in [9.17, 15) is 9.59 Å². The summed E-state index contributed by atoms with van der Waals surface area (Å²) in [5, 5.41) is 9.66. The highest BCUT2D eigenvalue weighted by atomic mass is 32.2. The fourth-order valence-corrected chi connectivity index (χ4v) is 6.63. The monoisotopic (exact) mass is 546 g/mol. The number of benzene rings is 1. The molecule has 2 aliphatic heterocycles. The summed E-state index contributed by atoms with van der Waals surface area (Å²) in [5.41, 5.74) is 2.46. The molecular formula is C29H50N6O2S. The zero-order chi connectivity index (χ0) is 27.5. The minimum atomic E-state index is -0.298. The van der Waals surface area contributed by atoms with Crippen molar-refractivity contribution in [1.29, 1.82) is 0 Å². The maximum atomic E-state index is 13.1. The van der Waals surface area contributed by atoms with Gasteiger partial charge < -0.3 is 30.7 Å². The molecule has 0 spiro atoms. The van der Waals surface area contributed by atoms with Gasteiger partial charge in [-0.25, -0.2) is 0 Å². The first-order valence-corrected chi connectivity index (χ1v) is 15.4. The van der Waals surface area contributed by atoms with Crippen molar-refractivity contribution in [3.8, 4) is 0 Å². The molecule has 2 unspecified atom stereocenters. The fraction of sp³-hybridized carbons (Fsp3) is 0.724. The van der Waals surface area contributed by atoms with Crippen molar-refractivity contribution < 1.29 is 9.59 Å². The Labute approximate surface area is 234 Å². The molecule has 1 aromatic carbocycles. The molecular weight excluding hydrogens is 496 g/mol. The van der Waals surface area contributed by atoms with Gasteiger partial charge in [-0.1, -0.05) is 26.0 Å². The molecule has 0 aromatic heterocycles. The second kappa shape index (κ2) is 15.7. The minimum absolute atomic E-state index is 0.0189. The molecule has 0 bridgehead atoms. The van der Waals surface area contributed by atoms with Gasteiger partial charge in [0, 0.05) is 64.5 Å². The third-order valence-corrected chi connectivity index (χ3v) is 9.22. The van der Waals surface area contributed by atoms with Crippen molar-refractivity contribution in [1.82, 2.24) is 25.3 Å². The lowest BCUT2D eigenvalue weighted by Gasteiger charge is -2.32. The van der Waals surface area contributed by atoms with E-state index in [1.165, 1.54) is 5.56 Å². The summed E-state index contributed by atoms with van der Waals surface area (Å²) in [4.78, 5) is 32.7. The van der Waals surface area contributed by atoms with E-state index in [0.717, 1.165) is 64.2 Å². The van der Waals surface area contributed by atoms with Crippen LogP contribution in [-0.2, 0) is 16.0 Å². The molecule has 2 amide bonds. The SMILES string of the molecule is CCN1C(=O)[C@@H](CCNc2ccc(CCN3CCN(C)CC3)cc2)SC1CC(NC)C(=O)NCCC(C)C. The summed E-state index contributed by atoms with van der Waals surface area (Å²) >= 11 is 1.71. The topological polar surface area (TPSA) is 80.0 Å². The summed E-state index contributed by atoms with van der Waals surface area (Å²) < 4.78 is 0. The van der Waals surface area contributed by atoms with Crippen LogP contribution in [0.5, 0.6) is 0 Å². The number of amides is 2. The van der Waals surface area contributed by atoms with Gasteiger partial charge in [-0.3, -0.25) is 9.59 Å². The number of nitrogens with zero attached hydrogens (tertiary/aromatic N) is 3. The predicted molar refractivity (Wildman–Crippen MR) is 160 cm³/mol. The van der Waals surface area contributed by atoms with Crippen molar-refractivity contribution in [3.05, 3.63) is 29.8 Å². The van der Waals surface area contributed by atoms with E-state index in [2.05, 4.69) is 70.9 Å². The van der Waals surface area contributed by atoms with Gasteiger partial charge in [0.15, 0.2) is 0 Å². The van der Waals surface area contributed by atoms with Gasteiger partial charge in [-0.15, -0.1) is 11.8 Å². The summed E-state index contributed by atoms with van der Waals surface area (Å²) in [6, 6.07) is 8.44. The van der Waals surface area contributed by atoms with Crippen molar-refractivity contribution in [3.63, 3.8) is 0 Å². The minimum Gasteiger partial charge on any atom is -0.385 e. The highest BCUT2D eigenvalue weighted by molar-refractivity contribution is 8.01. The first-order valence-electron chi connectivity index (χ1n) is 14.4. The zero-order valence-corrected chi connectivity index (χ0v) is 25.0. The van der Waals surface area contributed by atoms with Gasteiger partial charge in [-0.05, 0) is 63.9 Å². The maximum Gasteiger partial charge on any atom is 0.237 e. The molecule has 1 aromatic rings. The van der Waals surface area contributed by atoms with E-state index in [0.29, 0.717) is 25.4 Å². The number of rotatable bonds is 15. The van der Waals surface area contributed by atoms with Crippen LogP contribution in [0.3, 0.4) is 0 Å². The molecule has 214 valence electrons. The van der Waals surface area contributed by atoms with E-state index in [4.69, 9.17) is 0 Å². The fourth-order valence-electron chi connectivity index (χ4n) is 5.04. The van der Waals surface area contributed by atoms with Crippen LogP contribution in [0.15, 0.2) is 24.3 Å². The van der Waals surface area contributed by atoms with Gasteiger partial charge in [0.05, 0.1) is 16.7 Å². The van der Waals surface area contributed by atoms with E-state index in [1.807, 2.05) is 18.9 Å². The van der Waals surface area contributed by atoms with Crippen LogP contribution in [0.2, 0.25) is 0 Å². The Morgan fingerprint density at radius 1 is 1.11 bits per heavy atom. The molecule has 3 atom stereocenters. The number of piperazine rings is 1. The largest absolute Gasteiger partial charge is 0.385 e. The van der Waals surface area contributed by atoms with Crippen molar-refractivity contribution >= 4 is 29.3 Å². The number of carbonyl (C=O) groups is 2. The number of carbonyl (C=O) groups excluding carboxylic acids is 2. The Morgan fingerprint density at radius 2 is 1.82 bits per heavy atom. The predicted octanol–water partition coefficient (Wildman–Crippen LogP) is 2.71. The standard InChI is InChI=1S/C29H50N6O2S/c1-6-35-27(21-25(30-4)28(36)32-14-11-22(2)3)38-26(29(35)37)12-15-31-24-9-7-23(8-10-24)13-16-34-19-17-33(5)18-20-34/h7-10,22,25-27,30-31H,6,11-21H2,1-5H3,(H,32,36)/t25?,26-,27?/m1/s1. The summed E-state index contributed by atoms with van der Waals surface area (Å²) in [6.07, 6.45) is 3.43. The van der Waals surface area contributed by atoms with Crippen LogP contribution in [0.25, 0.3) is 0 Å². The van der Waals surface area contributed by atoms with Crippen LogP contribution in [0.4, 0.5) is 5.69 Å². The molecule has 0 aliphatic carbocycles. The van der Waals surface area contributed by atoms with Gasteiger partial charge in [-0.2, -0.15) is 0 Å². The van der Waals surface area contributed by atoms with Crippen molar-refractivity contribution in [2.75, 3.05) is 71.8 Å². The summed E-state index contributed by atoms with van der Waals surface area (Å²) in [5.74, 6) is 0.773. The average molecular weight is 547 g/mol. The first kappa shape index (κ1) is 30.7. The van der Waals surface area contributed by atoms with Gasteiger partial charge in [0.2, 0.25) is 11.8 Å². The Balaban J connectivity index is 1.41. The lowest BCUT2D eigenvalue weighted by atomic mass is 10.1. The zero-order valence-electron chi connectivity index (χ0n) is 24.2. The molecule has 2 fully saturated rings. The van der Waals surface area contributed by atoms with Crippen molar-refractivity contribution in [2.45, 2.75) is 63.1 Å². The molecule has 38 heavy (non-hydrogen) atoms. The number of thioether (sulfide) groups is 1. The number of hydrogen-bond acceptors (Lipinski definition) is 7. The summed E-state index contributed by atoms with van der Waals surface area (Å²) in [6.45, 7) is 14.2. The smallest absolute Gasteiger partial charge is 0.237 e. The van der Waals surface area contributed by atoms with Crippen molar-refractivity contribution in [2.24, 2.45) is 5.92 Å². The van der Waals surface area contributed by atoms with Gasteiger partial charge in [0.25, 0.3) is 0 Å². The molecule has 3 rings (SSSR count). The normalized spacial score (nSPS) is 21.7. The molecule has 2 heterocycles. The number of likely N-dealkylation sites (N-methyl/N-ethyl adjacent to an activating group) is 2. The lowest BCUT2D eigenvalue weighted by molar-refractivity contribution is -0.130. The quantitative estimate of drug-likeness (QED) is 0.312. The number of hydrogen-bond donors (Lipinski definition) is 3. The molecule has 0 saturated carbocycles. The lowest BCUT2D eigenvalue weighted by Crippen LogP contribution is -2.46. The molecule has 2 aliphatic rings. The van der Waals surface area contributed by atoms with Crippen LogP contribution in [-0.4, -0.2) is 110 Å². The van der Waals surface area contributed by atoms with E-state index < -0.39 is 0 Å². The molecule has 9 heteroatoms. The van der Waals surface area contributed by atoms with Gasteiger partial charge in [0.1, 0.15) is 0 Å². The van der Waals surface area contributed by atoms with Crippen LogP contribution >= 0.6 is 11.8 Å². The average Bonchev–Trinajstić information content (AvgIpc) is 3.21. The third-order valence-electron chi connectivity index (χ3n) is 7.69. The second-order valence-electron chi connectivity index (χ2n) is 11.1. The van der Waals surface area contributed by atoms with E-state index in [-0.39, 0.29) is 28.5 Å². The van der Waals surface area contributed by atoms with E-state index in [1.54, 1.807) is 11.8 Å². The number of nitrogens with one attached hydrogen (secondary N) is 3. The van der Waals surface area contributed by atoms with E-state index >= 15 is 0 Å². The third kappa shape index (κ3) is 9.43. The number of anilines is 1. The molecule has 3 N–H and O–H groups in total. The Kier molecular flexibility index (Phi) is 12.7. The summed E-state index contributed by atoms with van der Waals surface area (Å²) in [7, 11) is 4.02. The molecule has 2 saturated heterocycles. The molecule has 8 nitrogen and oxygen atoms in total. The maximum absolute atomic E-state index is 13.1. The van der Waals surface area contributed by atoms with Crippen LogP contribution in [0, 0.1) is 5.92 Å².